The van der Waals surface area contributed by atoms with E-state index in [-0.39, 0.29) is 17.5 Å². The van der Waals surface area contributed by atoms with Gasteiger partial charge in [-0.1, -0.05) is 17.7 Å². The molecule has 0 saturated heterocycles. The number of pyridine rings is 1. The van der Waals surface area contributed by atoms with Crippen molar-refractivity contribution in [3.05, 3.63) is 47.1 Å². The highest BCUT2D eigenvalue weighted by molar-refractivity contribution is 6.30. The Balaban J connectivity index is 1.67. The van der Waals surface area contributed by atoms with E-state index in [1.807, 2.05) is 25.1 Å². The van der Waals surface area contributed by atoms with Crippen LogP contribution < -0.4 is 16.0 Å². The number of nitrogens with one attached hydrogen (secondary N) is 3. The van der Waals surface area contributed by atoms with E-state index >= 15 is 0 Å². The van der Waals surface area contributed by atoms with Crippen molar-refractivity contribution in [3.8, 4) is 0 Å². The zero-order valence-electron chi connectivity index (χ0n) is 17.0. The van der Waals surface area contributed by atoms with E-state index in [0.717, 1.165) is 23.7 Å². The molecule has 0 saturated carbocycles. The molecule has 30 heavy (non-hydrogen) atoms. The molecule has 0 aliphatic carbocycles. The fraction of sp³-hybridized carbons (Fsp3) is 0.300. The summed E-state index contributed by atoms with van der Waals surface area (Å²) in [5.74, 6) is -0.468. The monoisotopic (exact) mass is 431 g/mol. The van der Waals surface area contributed by atoms with E-state index in [9.17, 15) is 9.18 Å². The number of hydrogen-bond donors (Lipinski definition) is 3. The molecule has 2 aromatic heterocycles. The quantitative estimate of drug-likeness (QED) is 0.384. The predicted octanol–water partition coefficient (Wildman–Crippen LogP) is 4.13. The van der Waals surface area contributed by atoms with Crippen molar-refractivity contribution in [2.45, 2.75) is 13.3 Å². The van der Waals surface area contributed by atoms with Gasteiger partial charge in [0.05, 0.1) is 5.69 Å². The molecule has 8 nitrogen and oxygen atoms in total. The Kier molecular flexibility index (Phi) is 6.96. The average Bonchev–Trinajstić information content (AvgIpc) is 2.68. The lowest BCUT2D eigenvalue weighted by atomic mass is 10.1. The lowest BCUT2D eigenvalue weighted by Crippen LogP contribution is -2.22. The Morgan fingerprint density at radius 3 is 2.73 bits per heavy atom. The minimum absolute atomic E-state index is 0.00884. The Hall–Kier alpha value is -3.04. The number of aromatic nitrogens is 3. The minimum Gasteiger partial charge on any atom is -0.367 e. The van der Waals surface area contributed by atoms with Crippen molar-refractivity contribution in [2.75, 3.05) is 43.1 Å². The number of rotatable bonds is 7. The molecule has 0 atom stereocenters. The first-order valence-corrected chi connectivity index (χ1v) is 9.75. The molecule has 158 valence electrons. The SMILES string of the molecule is Cc1nc(NC(=O)Nc2ccc3cnc(Cl)cc3c2)nc(NCCCN(C)C)c1F. The van der Waals surface area contributed by atoms with E-state index in [4.69, 9.17) is 11.6 Å². The second kappa shape index (κ2) is 9.64. The van der Waals surface area contributed by atoms with Gasteiger partial charge in [0.25, 0.3) is 0 Å². The summed E-state index contributed by atoms with van der Waals surface area (Å²) in [6, 6.07) is 6.51. The number of carbonyl (C=O) groups is 1. The molecule has 0 radical (unpaired) electrons. The van der Waals surface area contributed by atoms with Crippen molar-refractivity contribution >= 4 is 45.9 Å². The van der Waals surface area contributed by atoms with Crippen LogP contribution in [0, 0.1) is 12.7 Å². The molecular weight excluding hydrogens is 409 g/mol. The van der Waals surface area contributed by atoms with Crippen molar-refractivity contribution < 1.29 is 9.18 Å². The van der Waals surface area contributed by atoms with E-state index < -0.39 is 11.8 Å². The zero-order chi connectivity index (χ0) is 21.7. The van der Waals surface area contributed by atoms with Gasteiger partial charge < -0.3 is 15.5 Å². The summed E-state index contributed by atoms with van der Waals surface area (Å²) in [7, 11) is 3.94. The Morgan fingerprint density at radius 2 is 1.97 bits per heavy atom. The van der Waals surface area contributed by atoms with Crippen LogP contribution in [0.4, 0.5) is 26.6 Å². The third-order valence-corrected chi connectivity index (χ3v) is 4.47. The predicted molar refractivity (Wildman–Crippen MR) is 118 cm³/mol. The molecule has 2 heterocycles. The van der Waals surface area contributed by atoms with Crippen molar-refractivity contribution in [1.29, 1.82) is 0 Å². The van der Waals surface area contributed by atoms with Crippen LogP contribution in [0.1, 0.15) is 12.1 Å². The van der Waals surface area contributed by atoms with Crippen LogP contribution in [0.3, 0.4) is 0 Å². The first-order chi connectivity index (χ1) is 14.3. The van der Waals surface area contributed by atoms with Crippen LogP contribution in [0.25, 0.3) is 10.8 Å². The molecule has 0 bridgehead atoms. The third-order valence-electron chi connectivity index (χ3n) is 4.26. The molecule has 10 heteroatoms. The molecule has 0 aliphatic rings. The molecule has 0 spiro atoms. The summed E-state index contributed by atoms with van der Waals surface area (Å²) in [4.78, 5) is 26.5. The van der Waals surface area contributed by atoms with Crippen molar-refractivity contribution in [3.63, 3.8) is 0 Å². The summed E-state index contributed by atoms with van der Waals surface area (Å²) >= 11 is 5.92. The Labute approximate surface area is 178 Å². The topological polar surface area (TPSA) is 95.1 Å². The van der Waals surface area contributed by atoms with Crippen LogP contribution >= 0.6 is 11.6 Å². The van der Waals surface area contributed by atoms with Gasteiger partial charge in [-0.15, -0.1) is 0 Å². The number of fused-ring (bicyclic) bond motifs is 1. The van der Waals surface area contributed by atoms with Crippen LogP contribution in [-0.2, 0) is 0 Å². The smallest absolute Gasteiger partial charge is 0.326 e. The number of carbonyl (C=O) groups excluding carboxylic acids is 1. The standard InChI is InChI=1S/C20H23ClFN7O/c1-12-17(22)18(23-7-4-8-29(2)3)27-19(25-12)28-20(30)26-15-6-5-13-11-24-16(21)10-14(13)9-15/h5-6,9-11H,4,7-8H2,1-3H3,(H3,23,25,26,27,28,30). The number of urea groups is 1. The normalized spacial score (nSPS) is 11.0. The van der Waals surface area contributed by atoms with Gasteiger partial charge in [-0.2, -0.15) is 4.98 Å². The molecule has 3 aromatic rings. The van der Waals surface area contributed by atoms with Gasteiger partial charge in [-0.3, -0.25) is 5.32 Å². The van der Waals surface area contributed by atoms with Crippen LogP contribution in [0.2, 0.25) is 5.15 Å². The third kappa shape index (κ3) is 5.74. The highest BCUT2D eigenvalue weighted by Gasteiger charge is 2.13. The summed E-state index contributed by atoms with van der Waals surface area (Å²) in [5.41, 5.74) is 0.700. The molecule has 2 amide bonds. The second-order valence-electron chi connectivity index (χ2n) is 7.03. The summed E-state index contributed by atoms with van der Waals surface area (Å²) in [6.45, 7) is 2.93. The number of amides is 2. The maximum atomic E-state index is 14.3. The lowest BCUT2D eigenvalue weighted by Gasteiger charge is -2.13. The number of benzene rings is 1. The largest absolute Gasteiger partial charge is 0.367 e. The molecular formula is C20H23ClFN7O. The molecule has 3 N–H and O–H groups in total. The number of halogens is 2. The number of nitrogens with zero attached hydrogens (tertiary/aromatic N) is 4. The molecule has 0 aliphatic heterocycles. The first kappa shape index (κ1) is 21.7. The fourth-order valence-electron chi connectivity index (χ4n) is 2.79. The second-order valence-corrected chi connectivity index (χ2v) is 7.41. The summed E-state index contributed by atoms with van der Waals surface area (Å²) in [5, 5.41) is 10.3. The van der Waals surface area contributed by atoms with Crippen LogP contribution in [0.15, 0.2) is 30.5 Å². The lowest BCUT2D eigenvalue weighted by molar-refractivity contribution is 0.262. The Morgan fingerprint density at radius 1 is 1.17 bits per heavy atom. The summed E-state index contributed by atoms with van der Waals surface area (Å²) < 4.78 is 14.3. The van der Waals surface area contributed by atoms with E-state index in [0.29, 0.717) is 17.4 Å². The fourth-order valence-corrected chi connectivity index (χ4v) is 2.96. The van der Waals surface area contributed by atoms with Gasteiger partial charge in [0.15, 0.2) is 11.6 Å². The van der Waals surface area contributed by atoms with Crippen molar-refractivity contribution in [2.24, 2.45) is 0 Å². The summed E-state index contributed by atoms with van der Waals surface area (Å²) in [6.07, 6.45) is 2.48. The van der Waals surface area contributed by atoms with Gasteiger partial charge in [0, 0.05) is 23.8 Å². The van der Waals surface area contributed by atoms with Gasteiger partial charge in [-0.05, 0) is 57.6 Å². The molecule has 0 fully saturated rings. The maximum absolute atomic E-state index is 14.3. The first-order valence-electron chi connectivity index (χ1n) is 9.38. The average molecular weight is 432 g/mol. The van der Waals surface area contributed by atoms with Gasteiger partial charge in [0.1, 0.15) is 5.15 Å². The van der Waals surface area contributed by atoms with Gasteiger partial charge in [0.2, 0.25) is 5.95 Å². The van der Waals surface area contributed by atoms with Crippen LogP contribution in [0.5, 0.6) is 0 Å². The molecule has 3 rings (SSSR count). The van der Waals surface area contributed by atoms with Crippen LogP contribution in [-0.4, -0.2) is 53.1 Å². The Bertz CT molecular complexity index is 1060. The van der Waals surface area contributed by atoms with Crippen molar-refractivity contribution in [1.82, 2.24) is 19.9 Å². The highest BCUT2D eigenvalue weighted by atomic mass is 35.5. The van der Waals surface area contributed by atoms with Gasteiger partial charge >= 0.3 is 6.03 Å². The van der Waals surface area contributed by atoms with E-state index in [1.165, 1.54) is 6.92 Å². The highest BCUT2D eigenvalue weighted by Crippen LogP contribution is 2.21. The van der Waals surface area contributed by atoms with E-state index in [2.05, 4.69) is 30.9 Å². The minimum atomic E-state index is -0.543. The number of anilines is 3. The maximum Gasteiger partial charge on any atom is 0.326 e. The number of hydrogen-bond acceptors (Lipinski definition) is 6. The zero-order valence-corrected chi connectivity index (χ0v) is 17.7. The van der Waals surface area contributed by atoms with Gasteiger partial charge in [-0.25, -0.2) is 19.2 Å². The molecule has 1 aromatic carbocycles. The van der Waals surface area contributed by atoms with E-state index in [1.54, 1.807) is 24.4 Å². The molecule has 0 unspecified atom stereocenters. The number of aryl methyl sites for hydroxylation is 1.